The van der Waals surface area contributed by atoms with Gasteiger partial charge in [-0.25, -0.2) is 15.2 Å². The first-order valence-electron chi connectivity index (χ1n) is 11.5. The van der Waals surface area contributed by atoms with E-state index in [1.807, 2.05) is 36.4 Å². The number of benzene rings is 1. The first kappa shape index (κ1) is 23.9. The average Bonchev–Trinajstić information content (AvgIpc) is 3.39. The van der Waals surface area contributed by atoms with Gasteiger partial charge in [-0.3, -0.25) is 14.6 Å². The fourth-order valence-electron chi connectivity index (χ4n) is 4.42. The van der Waals surface area contributed by atoms with Gasteiger partial charge in [-0.15, -0.1) is 5.10 Å². The number of carbonyl (C=O) groups excluding carboxylic acids is 2. The Balaban J connectivity index is 1.34. The van der Waals surface area contributed by atoms with Crippen LogP contribution < -0.4 is 21.5 Å². The number of pyridine rings is 1. The molecule has 1 aliphatic rings. The molecule has 4 heterocycles. The summed E-state index contributed by atoms with van der Waals surface area (Å²) in [7, 11) is 0. The predicted molar refractivity (Wildman–Crippen MR) is 137 cm³/mol. The Hall–Kier alpha value is -4.84. The van der Waals surface area contributed by atoms with Gasteiger partial charge in [0.15, 0.2) is 11.6 Å². The van der Waals surface area contributed by atoms with E-state index in [-0.39, 0.29) is 22.3 Å². The van der Waals surface area contributed by atoms with Crippen molar-refractivity contribution in [3.63, 3.8) is 0 Å². The van der Waals surface area contributed by atoms with E-state index in [0.717, 1.165) is 28.2 Å². The van der Waals surface area contributed by atoms with Crippen molar-refractivity contribution in [2.75, 3.05) is 36.1 Å². The number of Topliss-reactive ketones (excluding diaryl/α,β-unsaturated/α-hetero) is 1. The van der Waals surface area contributed by atoms with E-state index < -0.39 is 17.5 Å². The van der Waals surface area contributed by atoms with E-state index in [2.05, 4.69) is 25.1 Å². The Kier molecular flexibility index (Phi) is 6.47. The fourth-order valence-corrected chi connectivity index (χ4v) is 4.42. The molecule has 37 heavy (non-hydrogen) atoms. The number of piperazine rings is 1. The number of carbonyl (C=O) groups is 2. The minimum atomic E-state index is -0.816. The van der Waals surface area contributed by atoms with Crippen molar-refractivity contribution < 1.29 is 14.0 Å². The summed E-state index contributed by atoms with van der Waals surface area (Å²) >= 11 is 0. The monoisotopic (exact) mass is 501 g/mol. The van der Waals surface area contributed by atoms with Crippen LogP contribution in [0.3, 0.4) is 0 Å². The summed E-state index contributed by atoms with van der Waals surface area (Å²) in [5.41, 5.74) is 8.05. The Morgan fingerprint density at radius 2 is 1.86 bits per heavy atom. The predicted octanol–water partition coefficient (Wildman–Crippen LogP) is 1.80. The molecule has 0 saturated carbocycles. The summed E-state index contributed by atoms with van der Waals surface area (Å²) in [4.78, 5) is 36.6. The number of rotatable bonds is 6. The average molecular weight is 502 g/mol. The highest BCUT2D eigenvalue weighted by molar-refractivity contribution is 6.45. The third-order valence-corrected chi connectivity index (χ3v) is 6.23. The van der Waals surface area contributed by atoms with E-state index in [0.29, 0.717) is 26.2 Å². The van der Waals surface area contributed by atoms with Crippen molar-refractivity contribution in [2.45, 2.75) is 0 Å². The lowest BCUT2D eigenvalue weighted by Crippen LogP contribution is -2.50. The second-order valence-electron chi connectivity index (χ2n) is 8.37. The zero-order valence-electron chi connectivity index (χ0n) is 19.7. The highest BCUT2D eigenvalue weighted by atomic mass is 19.1. The van der Waals surface area contributed by atoms with Crippen molar-refractivity contribution in [2.24, 2.45) is 11.6 Å². The topological polar surface area (TPSA) is 150 Å². The highest BCUT2D eigenvalue weighted by Gasteiger charge is 2.31. The van der Waals surface area contributed by atoms with Crippen LogP contribution in [0.2, 0.25) is 0 Å². The molecule has 0 spiro atoms. The van der Waals surface area contributed by atoms with Gasteiger partial charge in [-0.2, -0.15) is 5.10 Å². The van der Waals surface area contributed by atoms with E-state index in [9.17, 15) is 14.0 Å². The summed E-state index contributed by atoms with van der Waals surface area (Å²) in [6.07, 6.45) is 6.39. The van der Waals surface area contributed by atoms with Gasteiger partial charge in [0.1, 0.15) is 5.69 Å². The molecule has 1 aromatic carbocycles. The number of hydrogen-bond donors (Lipinski definition) is 3. The van der Waals surface area contributed by atoms with Crippen LogP contribution in [0.5, 0.6) is 0 Å². The molecule has 3 aromatic heterocycles. The first-order valence-corrected chi connectivity index (χ1v) is 11.5. The van der Waals surface area contributed by atoms with Crippen LogP contribution in [0.4, 0.5) is 15.9 Å². The molecule has 12 heteroatoms. The van der Waals surface area contributed by atoms with Gasteiger partial charge in [-0.1, -0.05) is 30.3 Å². The van der Waals surface area contributed by atoms with Gasteiger partial charge in [0, 0.05) is 50.3 Å². The molecule has 1 aliphatic heterocycles. The molecular formula is C25H24FN9O2. The molecule has 1 saturated heterocycles. The molecule has 5 rings (SSSR count). The third kappa shape index (κ3) is 4.45. The molecule has 0 atom stereocenters. The third-order valence-electron chi connectivity index (χ3n) is 6.23. The van der Waals surface area contributed by atoms with Crippen LogP contribution in [0, 0.1) is 5.82 Å². The van der Waals surface area contributed by atoms with Crippen molar-refractivity contribution >= 4 is 34.1 Å². The Labute approximate surface area is 211 Å². The number of anilines is 2. The Morgan fingerprint density at radius 1 is 1.11 bits per heavy atom. The number of nitrogens with one attached hydrogen (secondary N) is 1. The fraction of sp³-hybridized carbons (Fsp3) is 0.160. The molecule has 0 radical (unpaired) electrons. The zero-order chi connectivity index (χ0) is 25.9. The number of fused-ring (bicyclic) bond motifs is 1. The summed E-state index contributed by atoms with van der Waals surface area (Å²) in [6.45, 7) is 1.62. The van der Waals surface area contributed by atoms with E-state index >= 15 is 0 Å². The van der Waals surface area contributed by atoms with Crippen molar-refractivity contribution in [1.29, 1.82) is 0 Å². The highest BCUT2D eigenvalue weighted by Crippen LogP contribution is 2.30. The van der Waals surface area contributed by atoms with Crippen LogP contribution in [-0.2, 0) is 4.79 Å². The normalized spacial score (nSPS) is 13.9. The van der Waals surface area contributed by atoms with Crippen LogP contribution in [0.15, 0.2) is 67.4 Å². The second kappa shape index (κ2) is 10.0. The Bertz CT molecular complexity index is 1480. The number of ketones is 1. The summed E-state index contributed by atoms with van der Waals surface area (Å²) in [5.74, 6) is 3.76. The number of hydrazine groups is 1. The van der Waals surface area contributed by atoms with E-state index in [1.165, 1.54) is 23.5 Å². The van der Waals surface area contributed by atoms with E-state index in [1.54, 1.807) is 6.20 Å². The second-order valence-corrected chi connectivity index (χ2v) is 8.37. The molecule has 1 fully saturated rings. The van der Waals surface area contributed by atoms with Crippen LogP contribution in [0.1, 0.15) is 10.4 Å². The van der Waals surface area contributed by atoms with E-state index in [4.69, 9.17) is 11.6 Å². The maximum Gasteiger partial charge on any atom is 0.295 e. The molecule has 188 valence electrons. The number of amides is 1. The molecular weight excluding hydrogens is 477 g/mol. The van der Waals surface area contributed by atoms with Crippen LogP contribution >= 0.6 is 0 Å². The minimum Gasteiger partial charge on any atom is -0.403 e. The molecule has 1 amide bonds. The van der Waals surface area contributed by atoms with Gasteiger partial charge in [0.2, 0.25) is 0 Å². The lowest BCUT2D eigenvalue weighted by Gasteiger charge is -2.36. The largest absolute Gasteiger partial charge is 0.403 e. The summed E-state index contributed by atoms with van der Waals surface area (Å²) in [6, 6.07) is 11.6. The quantitative estimate of drug-likeness (QED) is 0.155. The lowest BCUT2D eigenvalue weighted by atomic mass is 10.1. The lowest BCUT2D eigenvalue weighted by molar-refractivity contribution is -0.126. The molecule has 0 bridgehead atoms. The van der Waals surface area contributed by atoms with Gasteiger partial charge >= 0.3 is 0 Å². The van der Waals surface area contributed by atoms with Crippen LogP contribution in [0.25, 0.3) is 22.2 Å². The standard InChI is InChI=1S/C25H24FN9O2/c26-18-15-30-24(35(28)9-7-27)22-20(18)17(14-29-22)23(36)25(37)34-12-10-33(11-13-34)19-6-8-31-32-21(19)16-4-2-1-3-5-16/h1-9,14-15,29H,10-13,27-28H2/b9-7-. The number of nitrogens with two attached hydrogens (primary N) is 2. The number of halogens is 1. The van der Waals surface area contributed by atoms with Gasteiger partial charge in [0.05, 0.1) is 34.5 Å². The number of aromatic amines is 1. The summed E-state index contributed by atoms with van der Waals surface area (Å²) < 4.78 is 14.7. The molecule has 4 aromatic rings. The minimum absolute atomic E-state index is 0.0572. The Morgan fingerprint density at radius 3 is 2.59 bits per heavy atom. The molecule has 5 N–H and O–H groups in total. The maximum atomic E-state index is 14.7. The molecule has 0 unspecified atom stereocenters. The number of nitrogens with zero attached hydrogens (tertiary/aromatic N) is 6. The molecule has 11 nitrogen and oxygen atoms in total. The van der Waals surface area contributed by atoms with Gasteiger partial charge in [0.25, 0.3) is 11.7 Å². The van der Waals surface area contributed by atoms with Gasteiger partial charge < -0.3 is 20.5 Å². The molecule has 0 aliphatic carbocycles. The maximum absolute atomic E-state index is 14.7. The van der Waals surface area contributed by atoms with Gasteiger partial charge in [-0.05, 0) is 6.07 Å². The number of H-pyrrole nitrogens is 1. The first-order chi connectivity index (χ1) is 18.0. The smallest absolute Gasteiger partial charge is 0.295 e. The number of hydrogen-bond acceptors (Lipinski definition) is 9. The van der Waals surface area contributed by atoms with Crippen molar-refractivity contribution in [3.8, 4) is 11.3 Å². The summed E-state index contributed by atoms with van der Waals surface area (Å²) in [5, 5.41) is 9.37. The SMILES string of the molecule is N/C=C\N(N)c1ncc(F)c2c(C(=O)C(=O)N3CCN(c4ccnnc4-c4ccccc4)CC3)c[nH]c12. The van der Waals surface area contributed by atoms with Crippen molar-refractivity contribution in [1.82, 2.24) is 25.1 Å². The zero-order valence-corrected chi connectivity index (χ0v) is 19.7. The van der Waals surface area contributed by atoms with Crippen LogP contribution in [-0.4, -0.2) is 62.9 Å². The number of aromatic nitrogens is 4. The van der Waals surface area contributed by atoms with Crippen molar-refractivity contribution in [3.05, 3.63) is 78.8 Å².